The second kappa shape index (κ2) is 10.4. The minimum atomic E-state index is -0.930. The van der Waals surface area contributed by atoms with Gasteiger partial charge in [-0.1, -0.05) is 12.1 Å². The van der Waals surface area contributed by atoms with Gasteiger partial charge in [0.15, 0.2) is 6.61 Å². The van der Waals surface area contributed by atoms with Crippen molar-refractivity contribution >= 4 is 29.1 Å². The van der Waals surface area contributed by atoms with Gasteiger partial charge in [-0.15, -0.1) is 0 Å². The van der Waals surface area contributed by atoms with Gasteiger partial charge in [0.25, 0.3) is 5.91 Å². The number of pyridine rings is 2. The third-order valence-electron chi connectivity index (χ3n) is 5.33. The number of rotatable bonds is 10. The van der Waals surface area contributed by atoms with E-state index in [0.717, 1.165) is 17.9 Å². The van der Waals surface area contributed by atoms with E-state index in [0.29, 0.717) is 30.1 Å². The van der Waals surface area contributed by atoms with E-state index in [1.807, 2.05) is 30.3 Å². The molecule has 9 nitrogen and oxygen atoms in total. The lowest BCUT2D eigenvalue weighted by Crippen LogP contribution is -2.39. The van der Waals surface area contributed by atoms with Crippen LogP contribution >= 0.6 is 0 Å². The first-order valence-electron chi connectivity index (χ1n) is 10.7. The van der Waals surface area contributed by atoms with E-state index < -0.39 is 11.9 Å². The highest BCUT2D eigenvalue weighted by Crippen LogP contribution is 2.35. The molecule has 1 aromatic carbocycles. The second-order valence-electron chi connectivity index (χ2n) is 7.57. The normalized spacial score (nSPS) is 13.6. The van der Waals surface area contributed by atoms with Crippen molar-refractivity contribution in [1.29, 1.82) is 0 Å². The quantitative estimate of drug-likeness (QED) is 0.406. The molecule has 1 aliphatic heterocycles. The highest BCUT2D eigenvalue weighted by atomic mass is 16.5. The zero-order valence-electron chi connectivity index (χ0n) is 18.0. The van der Waals surface area contributed by atoms with Crippen LogP contribution in [0, 0.1) is 0 Å². The fourth-order valence-corrected chi connectivity index (χ4v) is 3.63. The highest BCUT2D eigenvalue weighted by molar-refractivity contribution is 5.98. The number of fused-ring (bicyclic) bond motifs is 1. The van der Waals surface area contributed by atoms with Crippen molar-refractivity contribution in [3.05, 3.63) is 72.7 Å². The molecule has 0 bridgehead atoms. The zero-order valence-corrected chi connectivity index (χ0v) is 18.0. The van der Waals surface area contributed by atoms with Crippen LogP contribution in [0.5, 0.6) is 5.75 Å². The van der Waals surface area contributed by atoms with Crippen molar-refractivity contribution in [3.8, 4) is 5.75 Å². The van der Waals surface area contributed by atoms with Crippen LogP contribution in [0.3, 0.4) is 0 Å². The minimum Gasteiger partial charge on any atom is -0.481 e. The average molecular weight is 447 g/mol. The van der Waals surface area contributed by atoms with Gasteiger partial charge in [-0.05, 0) is 42.3 Å². The molecule has 0 spiro atoms. The number of hydrogen-bond donors (Lipinski definition) is 3. The Hall–Kier alpha value is -4.14. The molecule has 0 saturated carbocycles. The predicted octanol–water partition coefficient (Wildman–Crippen LogP) is 2.98. The summed E-state index contributed by atoms with van der Waals surface area (Å²) in [7, 11) is 0. The molecule has 0 fully saturated rings. The van der Waals surface area contributed by atoms with Gasteiger partial charge in [-0.2, -0.15) is 0 Å². The maximum atomic E-state index is 12.4. The fourth-order valence-electron chi connectivity index (χ4n) is 3.63. The molecule has 3 N–H and O–H groups in total. The van der Waals surface area contributed by atoms with Gasteiger partial charge in [-0.25, -0.2) is 4.98 Å². The Morgan fingerprint density at radius 3 is 2.82 bits per heavy atom. The molecule has 9 heteroatoms. The van der Waals surface area contributed by atoms with Crippen LogP contribution in [0.15, 0.2) is 67.1 Å². The fraction of sp³-hybridized carbons (Fsp3) is 0.250. The molecule has 1 aliphatic rings. The van der Waals surface area contributed by atoms with Crippen LogP contribution in [0.1, 0.15) is 17.9 Å². The lowest BCUT2D eigenvalue weighted by Gasteiger charge is -2.30. The van der Waals surface area contributed by atoms with Crippen LogP contribution in [0.4, 0.5) is 17.2 Å². The van der Waals surface area contributed by atoms with Crippen molar-refractivity contribution < 1.29 is 19.4 Å². The molecule has 3 heterocycles. The molecule has 33 heavy (non-hydrogen) atoms. The molecule has 0 saturated heterocycles. The number of amides is 1. The Morgan fingerprint density at radius 2 is 2.06 bits per heavy atom. The average Bonchev–Trinajstić information content (AvgIpc) is 2.84. The van der Waals surface area contributed by atoms with E-state index in [4.69, 9.17) is 4.74 Å². The number of benzene rings is 1. The smallest absolute Gasteiger partial charge is 0.312 e. The van der Waals surface area contributed by atoms with Crippen molar-refractivity contribution in [2.24, 2.45) is 0 Å². The Bertz CT molecular complexity index is 1090. The van der Waals surface area contributed by atoms with E-state index in [-0.39, 0.29) is 19.1 Å². The number of ether oxygens (including phenoxy) is 1. The van der Waals surface area contributed by atoms with Crippen molar-refractivity contribution in [2.45, 2.75) is 12.3 Å². The molecule has 0 aliphatic carbocycles. The van der Waals surface area contributed by atoms with Crippen LogP contribution in [0.25, 0.3) is 0 Å². The maximum absolute atomic E-state index is 12.4. The monoisotopic (exact) mass is 447 g/mol. The van der Waals surface area contributed by atoms with Gasteiger partial charge >= 0.3 is 5.97 Å². The zero-order chi connectivity index (χ0) is 23.0. The number of nitrogens with zero attached hydrogens (tertiary/aromatic N) is 3. The molecule has 2 aromatic heterocycles. The summed E-state index contributed by atoms with van der Waals surface area (Å²) < 4.78 is 5.64. The number of aromatic nitrogens is 2. The molecular formula is C24H25N5O4. The number of carbonyl (C=O) groups is 2. The van der Waals surface area contributed by atoms with E-state index in [2.05, 4.69) is 20.6 Å². The third kappa shape index (κ3) is 5.57. The number of carboxylic acid groups (broad SMARTS) is 1. The summed E-state index contributed by atoms with van der Waals surface area (Å²) in [5.74, 6) is -0.372. The third-order valence-corrected chi connectivity index (χ3v) is 5.33. The van der Waals surface area contributed by atoms with Crippen molar-refractivity contribution in [3.63, 3.8) is 0 Å². The van der Waals surface area contributed by atoms with Crippen LogP contribution in [-0.2, 0) is 9.59 Å². The van der Waals surface area contributed by atoms with Gasteiger partial charge < -0.3 is 25.4 Å². The van der Waals surface area contributed by atoms with Gasteiger partial charge in [0.1, 0.15) is 17.5 Å². The second-order valence-corrected chi connectivity index (χ2v) is 7.57. The number of anilines is 3. The van der Waals surface area contributed by atoms with Gasteiger partial charge in [0, 0.05) is 50.0 Å². The molecule has 1 atom stereocenters. The van der Waals surface area contributed by atoms with Crippen LogP contribution in [-0.4, -0.2) is 53.2 Å². The SMILES string of the molecule is O=C(O)C(CNc1ccc2c(c1)OCC(=O)N2CCCNc1ccccn1)c1cccnc1. The molecule has 1 amide bonds. The van der Waals surface area contributed by atoms with Crippen LogP contribution < -0.4 is 20.3 Å². The summed E-state index contributed by atoms with van der Waals surface area (Å²) >= 11 is 0. The van der Waals surface area contributed by atoms with Gasteiger partial charge in [0.05, 0.1) is 5.69 Å². The van der Waals surface area contributed by atoms with E-state index in [9.17, 15) is 14.7 Å². The van der Waals surface area contributed by atoms with Crippen molar-refractivity contribution in [1.82, 2.24) is 9.97 Å². The standard InChI is InChI=1S/C24H25N5O4/c30-23-16-33-21-13-18(28-15-19(24(31)32)17-5-3-9-25-14-17)7-8-20(21)29(23)12-4-11-27-22-6-1-2-10-26-22/h1-3,5-10,13-14,19,28H,4,11-12,15-16H2,(H,26,27)(H,31,32). The first-order valence-corrected chi connectivity index (χ1v) is 10.7. The number of hydrogen-bond acceptors (Lipinski definition) is 7. The largest absolute Gasteiger partial charge is 0.481 e. The first-order chi connectivity index (χ1) is 16.1. The Morgan fingerprint density at radius 1 is 1.15 bits per heavy atom. The van der Waals surface area contributed by atoms with Crippen LogP contribution in [0.2, 0.25) is 0 Å². The number of carboxylic acids is 1. The first kappa shape index (κ1) is 22.1. The van der Waals surface area contributed by atoms with Crippen molar-refractivity contribution in [2.75, 3.05) is 41.8 Å². The summed E-state index contributed by atoms with van der Waals surface area (Å²) in [4.78, 5) is 34.1. The molecule has 0 radical (unpaired) electrons. The molecule has 4 rings (SSSR count). The molecule has 1 unspecified atom stereocenters. The van der Waals surface area contributed by atoms with Gasteiger partial charge in [0.2, 0.25) is 0 Å². The molecular weight excluding hydrogens is 422 g/mol. The van der Waals surface area contributed by atoms with Gasteiger partial charge in [-0.3, -0.25) is 14.6 Å². The molecule has 3 aromatic rings. The Kier molecular flexibility index (Phi) is 6.99. The summed E-state index contributed by atoms with van der Waals surface area (Å²) in [6.07, 6.45) is 5.64. The highest BCUT2D eigenvalue weighted by Gasteiger charge is 2.26. The lowest BCUT2D eigenvalue weighted by atomic mass is 10.0. The topological polar surface area (TPSA) is 117 Å². The summed E-state index contributed by atoms with van der Waals surface area (Å²) in [6, 6.07) is 14.6. The number of aliphatic carboxylic acids is 1. The number of nitrogens with one attached hydrogen (secondary N) is 2. The van der Waals surface area contributed by atoms with E-state index in [1.54, 1.807) is 41.7 Å². The lowest BCUT2D eigenvalue weighted by molar-refractivity contribution is -0.138. The summed E-state index contributed by atoms with van der Waals surface area (Å²) in [5.41, 5.74) is 2.05. The Labute approximate surface area is 191 Å². The van der Waals surface area contributed by atoms with E-state index >= 15 is 0 Å². The summed E-state index contributed by atoms with van der Waals surface area (Å²) in [5, 5.41) is 16.0. The maximum Gasteiger partial charge on any atom is 0.312 e. The number of carbonyl (C=O) groups excluding carboxylic acids is 1. The minimum absolute atomic E-state index is 0.0302. The van der Waals surface area contributed by atoms with E-state index in [1.165, 1.54) is 0 Å². The molecule has 170 valence electrons. The predicted molar refractivity (Wildman–Crippen MR) is 125 cm³/mol. The summed E-state index contributed by atoms with van der Waals surface area (Å²) in [6.45, 7) is 1.39. The Balaban J connectivity index is 1.37.